The van der Waals surface area contributed by atoms with Gasteiger partial charge in [-0.2, -0.15) is 16.8 Å². The van der Waals surface area contributed by atoms with Crippen molar-refractivity contribution >= 4 is 61.0 Å². The summed E-state index contributed by atoms with van der Waals surface area (Å²) in [4.78, 5) is 48.2. The average Bonchev–Trinajstić information content (AvgIpc) is 3.58. The molecule has 5 rings (SSSR count). The van der Waals surface area contributed by atoms with Crippen LogP contribution in [-0.2, 0) is 46.7 Å². The van der Waals surface area contributed by atoms with E-state index in [4.69, 9.17) is 31.3 Å². The third kappa shape index (κ3) is 10.4. The molecule has 0 saturated heterocycles. The first-order valence-corrected chi connectivity index (χ1v) is 22.6. The fraction of sp³-hybridized carbons (Fsp3) is 0.475. The topological polar surface area (TPSA) is 200 Å². The molecule has 0 spiro atoms. The number of hydrogen-bond acceptors (Lipinski definition) is 11. The number of hydrogen-bond donors (Lipinski definition) is 2. The average molecular weight is 876 g/mol. The smallest absolute Gasteiger partial charge is 0.327 e. The number of fused-ring (bicyclic) bond motifs is 2. The van der Waals surface area contributed by atoms with Crippen LogP contribution in [0.3, 0.4) is 0 Å². The van der Waals surface area contributed by atoms with Crippen molar-refractivity contribution in [2.24, 2.45) is 15.4 Å². The van der Waals surface area contributed by atoms with Crippen LogP contribution in [0.5, 0.6) is 0 Å². The van der Waals surface area contributed by atoms with Gasteiger partial charge in [-0.25, -0.2) is 19.7 Å². The fourth-order valence-electron chi connectivity index (χ4n) is 7.23. The van der Waals surface area contributed by atoms with Gasteiger partial charge in [0.25, 0.3) is 32.1 Å². The summed E-state index contributed by atoms with van der Waals surface area (Å²) < 4.78 is 66.3. The molecule has 16 nitrogen and oxygen atoms in total. The van der Waals surface area contributed by atoms with Crippen LogP contribution < -0.4 is 4.57 Å². The number of pyridine rings is 1. The predicted octanol–water partition coefficient (Wildman–Crippen LogP) is 5.15. The van der Waals surface area contributed by atoms with Crippen molar-refractivity contribution in [2.45, 2.75) is 71.8 Å². The largest absolute Gasteiger partial charge is 0.332 e. The van der Waals surface area contributed by atoms with E-state index >= 15 is 0 Å². The van der Waals surface area contributed by atoms with E-state index in [-0.39, 0.29) is 25.9 Å². The molecule has 2 amide bonds. The molecule has 0 fully saturated rings. The van der Waals surface area contributed by atoms with Crippen LogP contribution in [0.15, 0.2) is 91.8 Å². The number of aliphatic imine (C=N–C) groups is 2. The van der Waals surface area contributed by atoms with E-state index in [1.807, 2.05) is 52.0 Å². The summed E-state index contributed by atoms with van der Waals surface area (Å²) in [5, 5.41) is 2.79. The lowest BCUT2D eigenvalue weighted by molar-refractivity contribution is -0.684. The second kappa shape index (κ2) is 17.7. The summed E-state index contributed by atoms with van der Waals surface area (Å²) in [5.74, 6) is -0.538. The summed E-state index contributed by atoms with van der Waals surface area (Å²) in [5.41, 5.74) is 4.11. The SMILES string of the molecule is CON(C)C(=O)C1=CN(CCCS(=O)(=O)O)C2=N/C(=C/C=C3\CCCC(/C=C/C4=Nc5c(cc(C(=O)N(C)OC)c[n+]5CCCS(=O)(=O)O)C4(C)C)=C3Cl)C(C)(C)C2=C1. The normalized spacial score (nSPS) is 20.1. The Labute approximate surface area is 351 Å². The highest BCUT2D eigenvalue weighted by Crippen LogP contribution is 2.46. The Kier molecular flexibility index (Phi) is 13.8. The quantitative estimate of drug-likeness (QED) is 0.134. The van der Waals surface area contributed by atoms with Gasteiger partial charge in [0, 0.05) is 49.3 Å². The van der Waals surface area contributed by atoms with Crippen molar-refractivity contribution in [1.82, 2.24) is 15.0 Å². The van der Waals surface area contributed by atoms with Gasteiger partial charge in [0.15, 0.2) is 5.71 Å². The molecule has 0 aromatic carbocycles. The summed E-state index contributed by atoms with van der Waals surface area (Å²) in [7, 11) is -2.62. The first-order valence-electron chi connectivity index (χ1n) is 19.0. The van der Waals surface area contributed by atoms with Gasteiger partial charge < -0.3 is 4.90 Å². The van der Waals surface area contributed by atoms with Crippen molar-refractivity contribution in [3.05, 3.63) is 93.0 Å². The van der Waals surface area contributed by atoms with Gasteiger partial charge in [-0.3, -0.25) is 28.4 Å². The number of nitrogens with zero attached hydrogens (tertiary/aromatic N) is 6. The second-order valence-electron chi connectivity index (χ2n) is 15.7. The van der Waals surface area contributed by atoms with Gasteiger partial charge in [0.1, 0.15) is 12.0 Å². The molecule has 0 saturated carbocycles. The van der Waals surface area contributed by atoms with E-state index in [9.17, 15) is 35.5 Å². The van der Waals surface area contributed by atoms with Crippen LogP contribution in [0.1, 0.15) is 75.7 Å². The molecule has 4 heterocycles. The van der Waals surface area contributed by atoms with Gasteiger partial charge in [0.05, 0.1) is 60.1 Å². The summed E-state index contributed by atoms with van der Waals surface area (Å²) in [6, 6.07) is 1.77. The van der Waals surface area contributed by atoms with Gasteiger partial charge >= 0.3 is 5.82 Å². The highest BCUT2D eigenvalue weighted by Gasteiger charge is 2.44. The van der Waals surface area contributed by atoms with E-state index in [1.54, 1.807) is 34.0 Å². The van der Waals surface area contributed by atoms with Crippen molar-refractivity contribution in [1.29, 1.82) is 0 Å². The van der Waals surface area contributed by atoms with Gasteiger partial charge in [-0.15, -0.1) is 0 Å². The Morgan fingerprint density at radius 3 is 2.22 bits per heavy atom. The van der Waals surface area contributed by atoms with Crippen molar-refractivity contribution in [3.63, 3.8) is 0 Å². The molecule has 1 aromatic rings. The van der Waals surface area contributed by atoms with Gasteiger partial charge in [-0.05, 0) is 80.0 Å². The van der Waals surface area contributed by atoms with Crippen molar-refractivity contribution < 1.29 is 49.8 Å². The molecule has 0 unspecified atom stereocenters. The molecule has 320 valence electrons. The molecular formula is C40H52ClN6O10S2+. The maximum Gasteiger partial charge on any atom is 0.327 e. The Hall–Kier alpha value is -4.30. The van der Waals surface area contributed by atoms with Crippen LogP contribution >= 0.6 is 11.6 Å². The molecule has 0 bridgehead atoms. The van der Waals surface area contributed by atoms with Crippen molar-refractivity contribution in [2.75, 3.05) is 46.4 Å². The van der Waals surface area contributed by atoms with Gasteiger partial charge in [0.2, 0.25) is 0 Å². The van der Waals surface area contributed by atoms with E-state index in [0.29, 0.717) is 39.2 Å². The number of aromatic nitrogens is 1. The maximum absolute atomic E-state index is 13.2. The zero-order valence-electron chi connectivity index (χ0n) is 34.5. The lowest BCUT2D eigenvalue weighted by Crippen LogP contribution is -2.38. The van der Waals surface area contributed by atoms with Crippen LogP contribution in [0.25, 0.3) is 0 Å². The van der Waals surface area contributed by atoms with E-state index < -0.39 is 54.4 Å². The number of likely N-dealkylation sites (N-methyl/N-ethyl adjacent to an activating group) is 1. The summed E-state index contributed by atoms with van der Waals surface area (Å²) in [6.45, 7) is 8.33. The van der Waals surface area contributed by atoms with Crippen molar-refractivity contribution in [3.8, 4) is 0 Å². The molecule has 2 N–H and O–H groups in total. The van der Waals surface area contributed by atoms with E-state index in [0.717, 1.165) is 51.7 Å². The number of hydroxylamine groups is 4. The number of rotatable bonds is 15. The molecule has 1 aromatic heterocycles. The molecular weight excluding hydrogens is 824 g/mol. The lowest BCUT2D eigenvalue weighted by Gasteiger charge is -2.31. The number of halogens is 1. The number of amidine groups is 1. The molecule has 4 aliphatic rings. The second-order valence-corrected chi connectivity index (χ2v) is 19.2. The Morgan fingerprint density at radius 2 is 1.58 bits per heavy atom. The number of carbonyl (C=O) groups excluding carboxylic acids is 2. The summed E-state index contributed by atoms with van der Waals surface area (Å²) >= 11 is 7.08. The fourth-order valence-corrected chi connectivity index (χ4v) is 8.53. The minimum absolute atomic E-state index is 0.100. The van der Waals surface area contributed by atoms with E-state index in [1.165, 1.54) is 28.3 Å². The van der Waals surface area contributed by atoms with Crippen LogP contribution in [0, 0.1) is 5.41 Å². The first-order chi connectivity index (χ1) is 27.5. The zero-order chi connectivity index (χ0) is 43.7. The maximum atomic E-state index is 13.2. The number of carbonyl (C=O) groups is 2. The van der Waals surface area contributed by atoms with E-state index in [2.05, 4.69) is 0 Å². The number of amides is 2. The van der Waals surface area contributed by atoms with Crippen LogP contribution in [0.4, 0.5) is 5.82 Å². The number of allylic oxidation sites excluding steroid dienone is 8. The Balaban J connectivity index is 1.45. The molecule has 1 aliphatic carbocycles. The standard InChI is InChI=1S/C40H51ClN6O10S2/c1-39(2)30-22-28(37(48)44(5)56-7)24-46(18-10-20-58(50,51)52)35(30)42-32(39)16-14-26-12-9-13-27(34(26)41)15-17-33-40(3,4)31-23-29(38(49)45(6)57-8)25-47(36(31)43-33)19-11-21-59(53,54)55/h14-17,22-25H,9-13,18-21H2,1-8H3,(H-,50,51,52,53,54,55)/p+1. The predicted molar refractivity (Wildman–Crippen MR) is 224 cm³/mol. The molecule has 59 heavy (non-hydrogen) atoms. The third-order valence-electron chi connectivity index (χ3n) is 10.9. The summed E-state index contributed by atoms with van der Waals surface area (Å²) in [6.07, 6.45) is 15.2. The monoisotopic (exact) mass is 875 g/mol. The molecule has 19 heteroatoms. The van der Waals surface area contributed by atoms with Gasteiger partial charge in [-0.1, -0.05) is 37.6 Å². The highest BCUT2D eigenvalue weighted by atomic mass is 35.5. The number of aryl methyl sites for hydroxylation is 1. The van der Waals surface area contributed by atoms with Crippen LogP contribution in [-0.4, -0.2) is 111 Å². The molecule has 0 radical (unpaired) electrons. The highest BCUT2D eigenvalue weighted by molar-refractivity contribution is 7.86. The third-order valence-corrected chi connectivity index (χ3v) is 12.9. The Morgan fingerprint density at radius 1 is 0.932 bits per heavy atom. The first kappa shape index (κ1) is 45.8. The van der Waals surface area contributed by atoms with Crippen LogP contribution in [0.2, 0.25) is 0 Å². The minimum Gasteiger partial charge on any atom is -0.332 e. The molecule has 0 atom stereocenters. The molecule has 3 aliphatic heterocycles. The lowest BCUT2D eigenvalue weighted by atomic mass is 9.80. The minimum atomic E-state index is -4.19. The zero-order valence-corrected chi connectivity index (χ0v) is 36.9. The Bertz CT molecular complexity index is 2390.